The van der Waals surface area contributed by atoms with Crippen LogP contribution in [0.4, 0.5) is 11.4 Å². The first-order chi connectivity index (χ1) is 16.4. The van der Waals surface area contributed by atoms with Gasteiger partial charge in [-0.05, 0) is 61.1 Å². The monoisotopic (exact) mass is 493 g/mol. The van der Waals surface area contributed by atoms with Gasteiger partial charge in [0, 0.05) is 22.5 Å². The van der Waals surface area contributed by atoms with E-state index in [1.807, 2.05) is 60.4 Å². The standard InChI is InChI=1S/C26H24ClN3O3S/c1-16-23(25(31)28-21-13-12-20(32-2)15-22(21)33-3)24(17-8-7-9-18(27)14-17)29-26(34)30(16)19-10-5-4-6-11-19/h4-15,24H,1-3H3,(H,28,31)(H,29,34). The lowest BCUT2D eigenvalue weighted by molar-refractivity contribution is -0.113. The third-order valence-corrected chi connectivity index (χ3v) is 6.12. The van der Waals surface area contributed by atoms with Gasteiger partial charge in [-0.15, -0.1) is 0 Å². The van der Waals surface area contributed by atoms with Crippen molar-refractivity contribution < 1.29 is 14.3 Å². The number of nitrogens with one attached hydrogen (secondary N) is 2. The third kappa shape index (κ3) is 4.71. The quantitative estimate of drug-likeness (QED) is 0.429. The molecule has 0 saturated heterocycles. The van der Waals surface area contributed by atoms with Crippen LogP contribution in [0.1, 0.15) is 18.5 Å². The topological polar surface area (TPSA) is 62.8 Å². The Kier molecular flexibility index (Phi) is 7.05. The molecule has 2 N–H and O–H groups in total. The molecule has 0 radical (unpaired) electrons. The first-order valence-corrected chi connectivity index (χ1v) is 11.4. The summed E-state index contributed by atoms with van der Waals surface area (Å²) in [6, 6.07) is 21.8. The number of thiocarbonyl (C=S) groups is 1. The number of hydrogen-bond donors (Lipinski definition) is 2. The van der Waals surface area contributed by atoms with Crippen LogP contribution in [-0.2, 0) is 4.79 Å². The van der Waals surface area contributed by atoms with E-state index in [1.54, 1.807) is 38.5 Å². The summed E-state index contributed by atoms with van der Waals surface area (Å²) in [5, 5.41) is 7.39. The lowest BCUT2D eigenvalue weighted by atomic mass is 9.94. The Morgan fingerprint density at radius 1 is 1.03 bits per heavy atom. The maximum atomic E-state index is 13.8. The van der Waals surface area contributed by atoms with Crippen molar-refractivity contribution in [3.05, 3.63) is 94.7 Å². The normalized spacial score (nSPS) is 15.6. The molecule has 4 rings (SSSR count). The van der Waals surface area contributed by atoms with Crippen molar-refractivity contribution in [1.29, 1.82) is 0 Å². The summed E-state index contributed by atoms with van der Waals surface area (Å²) in [7, 11) is 3.12. The van der Waals surface area contributed by atoms with E-state index < -0.39 is 6.04 Å². The van der Waals surface area contributed by atoms with Crippen molar-refractivity contribution in [3.8, 4) is 11.5 Å². The van der Waals surface area contributed by atoms with E-state index in [4.69, 9.17) is 33.3 Å². The lowest BCUT2D eigenvalue weighted by Gasteiger charge is -2.38. The van der Waals surface area contributed by atoms with Gasteiger partial charge in [0.15, 0.2) is 5.11 Å². The molecule has 34 heavy (non-hydrogen) atoms. The summed E-state index contributed by atoms with van der Waals surface area (Å²) in [5.74, 6) is 0.827. The van der Waals surface area contributed by atoms with E-state index in [0.717, 1.165) is 11.3 Å². The highest BCUT2D eigenvalue weighted by molar-refractivity contribution is 7.80. The van der Waals surface area contributed by atoms with Crippen LogP contribution in [0.2, 0.25) is 5.02 Å². The highest BCUT2D eigenvalue weighted by Crippen LogP contribution is 2.36. The molecule has 6 nitrogen and oxygen atoms in total. The van der Waals surface area contributed by atoms with Gasteiger partial charge in [-0.25, -0.2) is 0 Å². The summed E-state index contributed by atoms with van der Waals surface area (Å²) in [4.78, 5) is 15.6. The number of ether oxygens (including phenoxy) is 2. The van der Waals surface area contributed by atoms with Crippen LogP contribution in [0.3, 0.4) is 0 Å². The molecule has 1 amide bonds. The fraction of sp³-hybridized carbons (Fsp3) is 0.154. The Bertz CT molecular complexity index is 1260. The average molecular weight is 494 g/mol. The van der Waals surface area contributed by atoms with E-state index in [0.29, 0.717) is 38.6 Å². The fourth-order valence-electron chi connectivity index (χ4n) is 3.95. The Balaban J connectivity index is 1.80. The minimum atomic E-state index is -0.490. The number of carbonyl (C=O) groups excluding carboxylic acids is 1. The van der Waals surface area contributed by atoms with Crippen LogP contribution >= 0.6 is 23.8 Å². The fourth-order valence-corrected chi connectivity index (χ4v) is 4.51. The minimum Gasteiger partial charge on any atom is -0.497 e. The molecule has 0 aromatic heterocycles. The van der Waals surface area contributed by atoms with E-state index in [2.05, 4.69) is 10.6 Å². The molecular formula is C26H24ClN3O3S. The average Bonchev–Trinajstić information content (AvgIpc) is 2.84. The maximum Gasteiger partial charge on any atom is 0.255 e. The molecule has 3 aromatic carbocycles. The van der Waals surface area contributed by atoms with Crippen molar-refractivity contribution >= 4 is 46.2 Å². The summed E-state index contributed by atoms with van der Waals surface area (Å²) >= 11 is 12.0. The number of nitrogens with zero attached hydrogens (tertiary/aromatic N) is 1. The zero-order valence-corrected chi connectivity index (χ0v) is 20.5. The Morgan fingerprint density at radius 2 is 1.79 bits per heavy atom. The predicted molar refractivity (Wildman–Crippen MR) is 140 cm³/mol. The molecule has 3 aromatic rings. The van der Waals surface area contributed by atoms with Crippen molar-refractivity contribution in [2.75, 3.05) is 24.4 Å². The zero-order chi connectivity index (χ0) is 24.2. The van der Waals surface area contributed by atoms with Gasteiger partial charge < -0.3 is 20.1 Å². The van der Waals surface area contributed by atoms with Crippen LogP contribution < -0.4 is 25.0 Å². The van der Waals surface area contributed by atoms with Crippen LogP contribution in [-0.4, -0.2) is 25.2 Å². The molecule has 1 heterocycles. The molecule has 1 atom stereocenters. The van der Waals surface area contributed by atoms with Crippen LogP contribution in [0.15, 0.2) is 84.1 Å². The number of benzene rings is 3. The van der Waals surface area contributed by atoms with Crippen LogP contribution in [0.5, 0.6) is 11.5 Å². The Morgan fingerprint density at radius 3 is 2.47 bits per heavy atom. The summed E-state index contributed by atoms with van der Waals surface area (Å²) in [6.45, 7) is 1.89. The smallest absolute Gasteiger partial charge is 0.255 e. The first-order valence-electron chi connectivity index (χ1n) is 10.6. The van der Waals surface area contributed by atoms with Gasteiger partial charge in [-0.2, -0.15) is 0 Å². The number of rotatable bonds is 6. The van der Waals surface area contributed by atoms with Gasteiger partial charge in [-0.3, -0.25) is 9.69 Å². The van der Waals surface area contributed by atoms with Gasteiger partial charge in [0.05, 0.1) is 31.5 Å². The number of allylic oxidation sites excluding steroid dienone is 1. The lowest BCUT2D eigenvalue weighted by Crippen LogP contribution is -2.48. The van der Waals surface area contributed by atoms with Gasteiger partial charge >= 0.3 is 0 Å². The van der Waals surface area contributed by atoms with Crippen molar-refractivity contribution in [2.45, 2.75) is 13.0 Å². The molecule has 8 heteroatoms. The first kappa shape index (κ1) is 23.6. The van der Waals surface area contributed by atoms with E-state index in [1.165, 1.54) is 0 Å². The third-order valence-electron chi connectivity index (χ3n) is 5.58. The Hall–Kier alpha value is -3.55. The van der Waals surface area contributed by atoms with Gasteiger partial charge in [0.25, 0.3) is 5.91 Å². The van der Waals surface area contributed by atoms with Crippen molar-refractivity contribution in [3.63, 3.8) is 0 Å². The molecule has 0 aliphatic carbocycles. The molecule has 0 saturated carbocycles. The Labute approximate surface area is 209 Å². The SMILES string of the molecule is COc1ccc(NC(=O)C2=C(C)N(c3ccccc3)C(=S)NC2c2cccc(Cl)c2)c(OC)c1. The van der Waals surface area contributed by atoms with E-state index in [-0.39, 0.29) is 5.91 Å². The highest BCUT2D eigenvalue weighted by atomic mass is 35.5. The minimum absolute atomic E-state index is 0.290. The second-order valence-electron chi connectivity index (χ2n) is 7.63. The maximum absolute atomic E-state index is 13.8. The highest BCUT2D eigenvalue weighted by Gasteiger charge is 2.35. The molecule has 1 unspecified atom stereocenters. The van der Waals surface area contributed by atoms with Crippen molar-refractivity contribution in [1.82, 2.24) is 5.32 Å². The molecule has 0 spiro atoms. The number of anilines is 2. The summed E-state index contributed by atoms with van der Waals surface area (Å²) < 4.78 is 10.7. The molecule has 0 fully saturated rings. The molecular weight excluding hydrogens is 470 g/mol. The van der Waals surface area contributed by atoms with E-state index in [9.17, 15) is 4.79 Å². The van der Waals surface area contributed by atoms with Gasteiger partial charge in [-0.1, -0.05) is 41.9 Å². The number of amides is 1. The van der Waals surface area contributed by atoms with Gasteiger partial charge in [0.2, 0.25) is 0 Å². The second-order valence-corrected chi connectivity index (χ2v) is 8.45. The van der Waals surface area contributed by atoms with E-state index >= 15 is 0 Å². The summed E-state index contributed by atoms with van der Waals surface area (Å²) in [6.07, 6.45) is 0. The molecule has 174 valence electrons. The predicted octanol–water partition coefficient (Wildman–Crippen LogP) is 5.71. The molecule has 1 aliphatic rings. The van der Waals surface area contributed by atoms with Crippen LogP contribution in [0, 0.1) is 0 Å². The van der Waals surface area contributed by atoms with Crippen LogP contribution in [0.25, 0.3) is 0 Å². The number of methoxy groups -OCH3 is 2. The number of halogens is 1. The summed E-state index contributed by atoms with van der Waals surface area (Å²) in [5.41, 5.74) is 3.43. The second kappa shape index (κ2) is 10.2. The zero-order valence-electron chi connectivity index (χ0n) is 19.0. The van der Waals surface area contributed by atoms with Crippen molar-refractivity contribution in [2.24, 2.45) is 0 Å². The number of carbonyl (C=O) groups is 1. The molecule has 1 aliphatic heterocycles. The number of hydrogen-bond acceptors (Lipinski definition) is 4. The number of para-hydroxylation sites is 1. The largest absolute Gasteiger partial charge is 0.497 e. The molecule has 0 bridgehead atoms. The van der Waals surface area contributed by atoms with Gasteiger partial charge in [0.1, 0.15) is 11.5 Å².